The monoisotopic (exact) mass is 166 g/mol. The van der Waals surface area contributed by atoms with E-state index in [-0.39, 0.29) is 6.04 Å². The van der Waals surface area contributed by atoms with Crippen molar-refractivity contribution in [3.05, 3.63) is 24.0 Å². The van der Waals surface area contributed by atoms with Crippen molar-refractivity contribution in [3.8, 4) is 0 Å². The maximum absolute atomic E-state index is 5.99. The van der Waals surface area contributed by atoms with Crippen LogP contribution in [0.1, 0.15) is 38.9 Å². The van der Waals surface area contributed by atoms with Crippen molar-refractivity contribution in [2.24, 2.45) is 11.1 Å². The van der Waals surface area contributed by atoms with Gasteiger partial charge in [0.25, 0.3) is 0 Å². The smallest absolute Gasteiger partial charge is 0.0452 e. The van der Waals surface area contributed by atoms with Crippen LogP contribution in [0.5, 0.6) is 0 Å². The first-order chi connectivity index (χ1) is 5.49. The number of nitrogens with one attached hydrogen (secondary N) is 1. The number of H-pyrrole nitrogens is 1. The summed E-state index contributed by atoms with van der Waals surface area (Å²) in [6.45, 7) is 6.61. The first-order valence-corrected chi connectivity index (χ1v) is 4.38. The van der Waals surface area contributed by atoms with Crippen molar-refractivity contribution in [2.75, 3.05) is 0 Å². The third-order valence-corrected chi connectivity index (χ3v) is 1.85. The van der Waals surface area contributed by atoms with Gasteiger partial charge in [-0.15, -0.1) is 0 Å². The molecule has 0 saturated heterocycles. The number of hydrogen-bond donors (Lipinski definition) is 2. The highest BCUT2D eigenvalue weighted by atomic mass is 14.8. The van der Waals surface area contributed by atoms with Gasteiger partial charge in [0.1, 0.15) is 0 Å². The van der Waals surface area contributed by atoms with Crippen LogP contribution in [0, 0.1) is 5.41 Å². The second-order valence-electron chi connectivity index (χ2n) is 4.50. The summed E-state index contributed by atoms with van der Waals surface area (Å²) in [5, 5.41) is 0. The molecule has 12 heavy (non-hydrogen) atoms. The van der Waals surface area contributed by atoms with Gasteiger partial charge in [-0.25, -0.2) is 0 Å². The summed E-state index contributed by atoms with van der Waals surface area (Å²) in [7, 11) is 0. The van der Waals surface area contributed by atoms with E-state index in [0.717, 1.165) is 12.1 Å². The Morgan fingerprint density at radius 1 is 1.50 bits per heavy atom. The van der Waals surface area contributed by atoms with Gasteiger partial charge >= 0.3 is 0 Å². The lowest BCUT2D eigenvalue weighted by Gasteiger charge is -2.22. The highest BCUT2D eigenvalue weighted by molar-refractivity contribution is 5.08. The lowest BCUT2D eigenvalue weighted by Crippen LogP contribution is -2.18. The molecule has 1 aromatic heterocycles. The normalized spacial score (nSPS) is 14.7. The Hall–Kier alpha value is -0.760. The molecule has 68 valence electrons. The van der Waals surface area contributed by atoms with Crippen LogP contribution >= 0.6 is 0 Å². The summed E-state index contributed by atoms with van der Waals surface area (Å²) in [4.78, 5) is 3.13. The lowest BCUT2D eigenvalue weighted by atomic mass is 9.87. The molecule has 0 aliphatic heterocycles. The highest BCUT2D eigenvalue weighted by Gasteiger charge is 2.16. The van der Waals surface area contributed by atoms with Crippen LogP contribution in [-0.2, 0) is 0 Å². The van der Waals surface area contributed by atoms with Gasteiger partial charge in [-0.2, -0.15) is 0 Å². The summed E-state index contributed by atoms with van der Waals surface area (Å²) < 4.78 is 0. The quantitative estimate of drug-likeness (QED) is 0.696. The third-order valence-electron chi connectivity index (χ3n) is 1.85. The second-order valence-corrected chi connectivity index (χ2v) is 4.50. The van der Waals surface area contributed by atoms with Gasteiger partial charge in [0.2, 0.25) is 0 Å². The maximum atomic E-state index is 5.99. The fraction of sp³-hybridized carbons (Fsp3) is 0.600. The fourth-order valence-electron chi connectivity index (χ4n) is 1.34. The third kappa shape index (κ3) is 2.70. The lowest BCUT2D eigenvalue weighted by molar-refractivity contribution is 0.340. The van der Waals surface area contributed by atoms with Crippen molar-refractivity contribution in [1.29, 1.82) is 0 Å². The molecular weight excluding hydrogens is 148 g/mol. The van der Waals surface area contributed by atoms with E-state index in [1.54, 1.807) is 0 Å². The highest BCUT2D eigenvalue weighted by Crippen LogP contribution is 2.26. The summed E-state index contributed by atoms with van der Waals surface area (Å²) in [5.74, 6) is 0. The van der Waals surface area contributed by atoms with Crippen LogP contribution in [0.3, 0.4) is 0 Å². The largest absolute Gasteiger partial charge is 0.364 e. The van der Waals surface area contributed by atoms with Crippen molar-refractivity contribution in [1.82, 2.24) is 4.98 Å². The van der Waals surface area contributed by atoms with Gasteiger partial charge in [0.05, 0.1) is 0 Å². The average molecular weight is 166 g/mol. The van der Waals surface area contributed by atoms with Gasteiger partial charge in [-0.3, -0.25) is 0 Å². The topological polar surface area (TPSA) is 41.8 Å². The molecule has 1 atom stereocenters. The molecule has 0 aliphatic carbocycles. The number of aromatic amines is 1. The molecule has 2 nitrogen and oxygen atoms in total. The van der Waals surface area contributed by atoms with Gasteiger partial charge < -0.3 is 10.7 Å². The van der Waals surface area contributed by atoms with Crippen molar-refractivity contribution in [2.45, 2.75) is 33.2 Å². The van der Waals surface area contributed by atoms with E-state index in [0.29, 0.717) is 5.41 Å². The van der Waals surface area contributed by atoms with Gasteiger partial charge in [-0.05, 0) is 24.0 Å². The molecule has 0 radical (unpaired) electrons. The minimum Gasteiger partial charge on any atom is -0.364 e. The Kier molecular flexibility index (Phi) is 2.58. The molecule has 2 heteroatoms. The Labute approximate surface area is 74.2 Å². The molecule has 0 bridgehead atoms. The van der Waals surface area contributed by atoms with Crippen molar-refractivity contribution in [3.63, 3.8) is 0 Å². The Morgan fingerprint density at radius 2 is 2.17 bits per heavy atom. The predicted octanol–water partition coefficient (Wildman–Crippen LogP) is 2.45. The van der Waals surface area contributed by atoms with Crippen LogP contribution < -0.4 is 5.73 Å². The zero-order valence-electron chi connectivity index (χ0n) is 8.09. The molecule has 1 aromatic rings. The minimum absolute atomic E-state index is 0.139. The Balaban J connectivity index is 2.56. The van der Waals surface area contributed by atoms with Crippen molar-refractivity contribution >= 4 is 0 Å². The zero-order chi connectivity index (χ0) is 9.19. The molecule has 0 aromatic carbocycles. The zero-order valence-corrected chi connectivity index (χ0v) is 8.09. The van der Waals surface area contributed by atoms with Crippen LogP contribution in [0.15, 0.2) is 18.3 Å². The van der Waals surface area contributed by atoms with E-state index in [9.17, 15) is 0 Å². The van der Waals surface area contributed by atoms with E-state index < -0.39 is 0 Å². The molecule has 0 unspecified atom stereocenters. The predicted molar refractivity (Wildman–Crippen MR) is 51.8 cm³/mol. The molecule has 1 rings (SSSR count). The van der Waals surface area contributed by atoms with E-state index >= 15 is 0 Å². The van der Waals surface area contributed by atoms with Crippen LogP contribution in [0.4, 0.5) is 0 Å². The van der Waals surface area contributed by atoms with E-state index in [1.165, 1.54) is 0 Å². The summed E-state index contributed by atoms with van der Waals surface area (Å²) in [5.41, 5.74) is 7.42. The molecule has 0 fully saturated rings. The van der Waals surface area contributed by atoms with Crippen LogP contribution in [0.2, 0.25) is 0 Å². The average Bonchev–Trinajstić information content (AvgIpc) is 2.32. The van der Waals surface area contributed by atoms with Crippen LogP contribution in [-0.4, -0.2) is 4.98 Å². The molecular formula is C10H18N2. The fourth-order valence-corrected chi connectivity index (χ4v) is 1.34. The summed E-state index contributed by atoms with van der Waals surface area (Å²) >= 11 is 0. The summed E-state index contributed by atoms with van der Waals surface area (Å²) in [6.07, 6.45) is 2.92. The number of aromatic nitrogens is 1. The summed E-state index contributed by atoms with van der Waals surface area (Å²) in [6, 6.07) is 4.16. The Morgan fingerprint density at radius 3 is 2.58 bits per heavy atom. The van der Waals surface area contributed by atoms with E-state index in [2.05, 4.69) is 25.8 Å². The number of nitrogens with two attached hydrogens (primary N) is 1. The van der Waals surface area contributed by atoms with Gasteiger partial charge in [0.15, 0.2) is 0 Å². The van der Waals surface area contributed by atoms with E-state index in [1.807, 2.05) is 18.3 Å². The SMILES string of the molecule is CC(C)(C)C[C@@H](N)c1ccc[nH]1. The molecule has 0 saturated carbocycles. The molecule has 0 aliphatic rings. The first-order valence-electron chi connectivity index (χ1n) is 4.38. The molecule has 0 spiro atoms. The Bertz CT molecular complexity index is 218. The van der Waals surface area contributed by atoms with Crippen molar-refractivity contribution < 1.29 is 0 Å². The molecule has 3 N–H and O–H groups in total. The standard InChI is InChI=1S/C10H18N2/c1-10(2,3)7-8(11)9-5-4-6-12-9/h4-6,8,12H,7,11H2,1-3H3/t8-/m1/s1. The number of hydrogen-bond acceptors (Lipinski definition) is 1. The molecule has 1 heterocycles. The minimum atomic E-state index is 0.139. The van der Waals surface area contributed by atoms with Gasteiger partial charge in [-0.1, -0.05) is 20.8 Å². The van der Waals surface area contributed by atoms with Gasteiger partial charge in [0, 0.05) is 17.9 Å². The number of rotatable bonds is 2. The maximum Gasteiger partial charge on any atom is 0.0452 e. The second kappa shape index (κ2) is 3.31. The van der Waals surface area contributed by atoms with Crippen LogP contribution in [0.25, 0.3) is 0 Å². The van der Waals surface area contributed by atoms with E-state index in [4.69, 9.17) is 5.73 Å². The molecule has 0 amide bonds. The first kappa shape index (κ1) is 9.33.